The van der Waals surface area contributed by atoms with Crippen LogP contribution < -0.4 is 10.2 Å². The Morgan fingerprint density at radius 1 is 1.53 bits per heavy atom. The highest BCUT2D eigenvalue weighted by atomic mass is 16.2. The van der Waals surface area contributed by atoms with Gasteiger partial charge in [0.25, 0.3) is 0 Å². The maximum Gasteiger partial charge on any atom is 0.244 e. The van der Waals surface area contributed by atoms with E-state index in [2.05, 4.69) is 5.32 Å². The number of hydrogen-bond acceptors (Lipinski definition) is 3. The van der Waals surface area contributed by atoms with Crippen LogP contribution in [0, 0.1) is 17.2 Å². The van der Waals surface area contributed by atoms with Gasteiger partial charge in [0.15, 0.2) is 0 Å². The van der Waals surface area contributed by atoms with Gasteiger partial charge in [-0.25, -0.2) is 0 Å². The van der Waals surface area contributed by atoms with Crippen LogP contribution in [0.3, 0.4) is 0 Å². The van der Waals surface area contributed by atoms with Crippen molar-refractivity contribution in [2.45, 2.75) is 19.8 Å². The Balaban J connectivity index is 2.32. The highest BCUT2D eigenvalue weighted by Gasteiger charge is 2.30. The molecule has 2 rings (SSSR count). The molecule has 0 aliphatic carbocycles. The van der Waals surface area contributed by atoms with Crippen LogP contribution in [-0.2, 0) is 9.59 Å². The Bertz CT molecular complexity index is 548. The molecule has 1 aromatic carbocycles. The molecular formula is C14H15N3O2. The number of anilines is 2. The summed E-state index contributed by atoms with van der Waals surface area (Å²) in [6, 6.07) is 9.13. The van der Waals surface area contributed by atoms with E-state index in [0.29, 0.717) is 17.8 Å². The van der Waals surface area contributed by atoms with Gasteiger partial charge in [0.05, 0.1) is 17.4 Å². The largest absolute Gasteiger partial charge is 0.323 e. The van der Waals surface area contributed by atoms with Gasteiger partial charge in [-0.1, -0.05) is 25.5 Å². The summed E-state index contributed by atoms with van der Waals surface area (Å²) >= 11 is 0. The minimum atomic E-state index is -0.691. The summed E-state index contributed by atoms with van der Waals surface area (Å²) in [5.74, 6) is -1.23. The van der Waals surface area contributed by atoms with Crippen molar-refractivity contribution in [3.8, 4) is 6.07 Å². The van der Waals surface area contributed by atoms with Gasteiger partial charge < -0.3 is 5.32 Å². The van der Waals surface area contributed by atoms with E-state index in [0.717, 1.165) is 6.42 Å². The van der Waals surface area contributed by atoms with Crippen molar-refractivity contribution in [2.75, 3.05) is 16.8 Å². The number of benzene rings is 1. The van der Waals surface area contributed by atoms with E-state index in [-0.39, 0.29) is 18.4 Å². The molecule has 0 bridgehead atoms. The van der Waals surface area contributed by atoms with Gasteiger partial charge in [0, 0.05) is 0 Å². The first-order valence-electron chi connectivity index (χ1n) is 6.27. The molecule has 0 saturated heterocycles. The summed E-state index contributed by atoms with van der Waals surface area (Å²) in [6.07, 6.45) is 1.27. The molecule has 0 aromatic heterocycles. The second-order valence-corrected chi connectivity index (χ2v) is 4.46. The third-order valence-corrected chi connectivity index (χ3v) is 3.07. The van der Waals surface area contributed by atoms with E-state index in [1.165, 1.54) is 4.90 Å². The lowest BCUT2D eigenvalue weighted by molar-refractivity contribution is -0.123. The Morgan fingerprint density at radius 2 is 2.26 bits per heavy atom. The highest BCUT2D eigenvalue weighted by Crippen LogP contribution is 2.30. The molecule has 5 heteroatoms. The molecule has 1 aliphatic rings. The molecule has 2 amide bonds. The molecule has 0 fully saturated rings. The standard InChI is InChI=1S/C14H15N3O2/c1-2-5-10(8-15)14(19)17-9-13(18)16-11-6-3-4-7-12(11)17/h3-4,6-7,10H,2,5,9H2,1H3,(H,16,18). The molecule has 1 unspecified atom stereocenters. The van der Waals surface area contributed by atoms with Crippen LogP contribution in [-0.4, -0.2) is 18.4 Å². The number of nitrogens with one attached hydrogen (secondary N) is 1. The Kier molecular flexibility index (Phi) is 3.81. The minimum absolute atomic E-state index is 0.0300. The SMILES string of the molecule is CCCC(C#N)C(=O)N1CC(=O)Nc2ccccc21. The van der Waals surface area contributed by atoms with Gasteiger partial charge >= 0.3 is 0 Å². The predicted octanol–water partition coefficient (Wildman–Crippen LogP) is 1.91. The van der Waals surface area contributed by atoms with Gasteiger partial charge in [-0.05, 0) is 18.6 Å². The predicted molar refractivity (Wildman–Crippen MR) is 71.4 cm³/mol. The van der Waals surface area contributed by atoms with Crippen LogP contribution in [0.1, 0.15) is 19.8 Å². The number of rotatable bonds is 3. The third kappa shape index (κ3) is 2.58. The number of carbonyl (C=O) groups excluding carboxylic acids is 2. The Hall–Kier alpha value is -2.35. The second-order valence-electron chi connectivity index (χ2n) is 4.46. The van der Waals surface area contributed by atoms with Gasteiger partial charge in [-0.3, -0.25) is 14.5 Å². The number of amides is 2. The van der Waals surface area contributed by atoms with Crippen molar-refractivity contribution in [3.05, 3.63) is 24.3 Å². The molecule has 0 spiro atoms. The maximum absolute atomic E-state index is 12.4. The molecule has 5 nitrogen and oxygen atoms in total. The van der Waals surface area contributed by atoms with Gasteiger partial charge in [-0.15, -0.1) is 0 Å². The van der Waals surface area contributed by atoms with E-state index < -0.39 is 5.92 Å². The molecular weight excluding hydrogens is 242 g/mol. The Morgan fingerprint density at radius 3 is 2.95 bits per heavy atom. The fourth-order valence-electron chi connectivity index (χ4n) is 2.15. The number of fused-ring (bicyclic) bond motifs is 1. The summed E-state index contributed by atoms with van der Waals surface area (Å²) in [5.41, 5.74) is 1.27. The lowest BCUT2D eigenvalue weighted by Gasteiger charge is -2.30. The number of nitrogens with zero attached hydrogens (tertiary/aromatic N) is 2. The van der Waals surface area contributed by atoms with Crippen molar-refractivity contribution in [3.63, 3.8) is 0 Å². The fourth-order valence-corrected chi connectivity index (χ4v) is 2.15. The summed E-state index contributed by atoms with van der Waals surface area (Å²) in [6.45, 7) is 1.90. The van der Waals surface area contributed by atoms with Crippen LogP contribution >= 0.6 is 0 Å². The molecule has 1 aromatic rings. The van der Waals surface area contributed by atoms with Crippen LogP contribution in [0.2, 0.25) is 0 Å². The van der Waals surface area contributed by atoms with Crippen molar-refractivity contribution in [2.24, 2.45) is 5.92 Å². The molecule has 1 atom stereocenters. The topological polar surface area (TPSA) is 73.2 Å². The number of nitriles is 1. The zero-order chi connectivity index (χ0) is 13.8. The molecule has 0 radical (unpaired) electrons. The smallest absolute Gasteiger partial charge is 0.244 e. The second kappa shape index (κ2) is 5.53. The maximum atomic E-state index is 12.4. The van der Waals surface area contributed by atoms with E-state index in [1.54, 1.807) is 24.3 Å². The molecule has 1 aliphatic heterocycles. The summed E-state index contributed by atoms with van der Waals surface area (Å²) < 4.78 is 0. The van der Waals surface area contributed by atoms with E-state index in [4.69, 9.17) is 5.26 Å². The quantitative estimate of drug-likeness (QED) is 0.898. The van der Waals surface area contributed by atoms with E-state index in [1.807, 2.05) is 13.0 Å². The zero-order valence-electron chi connectivity index (χ0n) is 10.7. The number of para-hydroxylation sites is 2. The first-order chi connectivity index (χ1) is 9.17. The van der Waals surface area contributed by atoms with Crippen molar-refractivity contribution in [1.82, 2.24) is 0 Å². The van der Waals surface area contributed by atoms with Crippen LogP contribution in [0.5, 0.6) is 0 Å². The summed E-state index contributed by atoms with van der Waals surface area (Å²) in [4.78, 5) is 25.4. The van der Waals surface area contributed by atoms with Gasteiger partial charge in [-0.2, -0.15) is 5.26 Å². The van der Waals surface area contributed by atoms with Crippen LogP contribution in [0.15, 0.2) is 24.3 Å². The van der Waals surface area contributed by atoms with Crippen LogP contribution in [0.25, 0.3) is 0 Å². The van der Waals surface area contributed by atoms with Crippen molar-refractivity contribution in [1.29, 1.82) is 5.26 Å². The first kappa shape index (κ1) is 13.1. The lowest BCUT2D eigenvalue weighted by atomic mass is 10.0. The highest BCUT2D eigenvalue weighted by molar-refractivity contribution is 6.10. The van der Waals surface area contributed by atoms with Gasteiger partial charge in [0.1, 0.15) is 12.5 Å². The van der Waals surface area contributed by atoms with E-state index in [9.17, 15) is 9.59 Å². The zero-order valence-corrected chi connectivity index (χ0v) is 10.7. The average Bonchev–Trinajstić information content (AvgIpc) is 2.43. The summed E-state index contributed by atoms with van der Waals surface area (Å²) in [7, 11) is 0. The first-order valence-corrected chi connectivity index (χ1v) is 6.27. The van der Waals surface area contributed by atoms with Gasteiger partial charge in [0.2, 0.25) is 11.8 Å². The van der Waals surface area contributed by atoms with Crippen molar-refractivity contribution >= 4 is 23.2 Å². The monoisotopic (exact) mass is 257 g/mol. The third-order valence-electron chi connectivity index (χ3n) is 3.07. The number of hydrogen-bond donors (Lipinski definition) is 1. The Labute approximate surface area is 111 Å². The molecule has 1 N–H and O–H groups in total. The van der Waals surface area contributed by atoms with Crippen LogP contribution in [0.4, 0.5) is 11.4 Å². The average molecular weight is 257 g/mol. The molecule has 0 saturated carbocycles. The normalized spacial score (nSPS) is 15.2. The molecule has 19 heavy (non-hydrogen) atoms. The summed E-state index contributed by atoms with van der Waals surface area (Å²) in [5, 5.41) is 11.8. The van der Waals surface area contributed by atoms with Crippen molar-refractivity contribution < 1.29 is 9.59 Å². The fraction of sp³-hybridized carbons (Fsp3) is 0.357. The van der Waals surface area contributed by atoms with E-state index >= 15 is 0 Å². The minimum Gasteiger partial charge on any atom is -0.323 e. The number of carbonyl (C=O) groups is 2. The molecule has 1 heterocycles. The lowest BCUT2D eigenvalue weighted by Crippen LogP contribution is -2.44. The molecule has 98 valence electrons.